The standard InChI is InChI=1S/C76H132N2/c1-5-9-13-16-19-21-23-25-27-29-31-33-35-37-39-41-43-45-47-49-51-53-56-59-71-63-67-73(68-64-71)77-75(61-12-8-4)76(62-58-55-18-15-11-7-3)78-74-69-65-72(66-70-74)60-57-54-52-50-48-46-44-42-40-38-36-34-32-30-28-26-24-22-20-17-14-10-6-2/h56-57,59-60,63-70H,5-55,58,61-62H2,1-4H3. The van der Waals surface area contributed by atoms with Crippen molar-refractivity contribution in [1.82, 2.24) is 0 Å². The van der Waals surface area contributed by atoms with Crippen molar-refractivity contribution in [2.24, 2.45) is 9.98 Å². The molecule has 2 nitrogen and oxygen atoms in total. The molecule has 0 atom stereocenters. The van der Waals surface area contributed by atoms with Gasteiger partial charge in [0.25, 0.3) is 0 Å². The molecular weight excluding hydrogens is 941 g/mol. The molecule has 2 rings (SSSR count). The lowest BCUT2D eigenvalue weighted by Crippen LogP contribution is -2.14. The van der Waals surface area contributed by atoms with Crippen molar-refractivity contribution in [3.05, 3.63) is 71.8 Å². The average Bonchev–Trinajstić information content (AvgIpc) is 3.46. The van der Waals surface area contributed by atoms with Crippen molar-refractivity contribution in [2.45, 2.75) is 374 Å². The first-order valence-corrected chi connectivity index (χ1v) is 35.4. The second-order valence-electron chi connectivity index (χ2n) is 24.4. The van der Waals surface area contributed by atoms with E-state index in [1.165, 1.54) is 344 Å². The first-order valence-electron chi connectivity index (χ1n) is 35.4. The highest BCUT2D eigenvalue weighted by atomic mass is 14.8. The molecule has 0 aliphatic carbocycles. The smallest absolute Gasteiger partial charge is 0.0634 e. The van der Waals surface area contributed by atoms with Gasteiger partial charge in [-0.15, -0.1) is 0 Å². The first-order chi connectivity index (χ1) is 38.7. The van der Waals surface area contributed by atoms with Crippen LogP contribution in [0.3, 0.4) is 0 Å². The van der Waals surface area contributed by atoms with Gasteiger partial charge in [-0.2, -0.15) is 0 Å². The molecular formula is C76H132N2. The zero-order chi connectivity index (χ0) is 55.5. The fourth-order valence-corrected chi connectivity index (χ4v) is 11.4. The van der Waals surface area contributed by atoms with Crippen LogP contribution in [0, 0.1) is 0 Å². The van der Waals surface area contributed by atoms with Gasteiger partial charge in [-0.1, -0.05) is 372 Å². The minimum absolute atomic E-state index is 0.979. The molecule has 2 aromatic carbocycles. The third kappa shape index (κ3) is 45.9. The minimum atomic E-state index is 0.979. The van der Waals surface area contributed by atoms with Crippen LogP contribution in [-0.2, 0) is 0 Å². The largest absolute Gasteiger partial charge is 0.252 e. The SMILES string of the molecule is CCCCCCCCCCCCCCCCCCCCCCCC=Cc1ccc(N=C(CCCC)C(CCCCCCCC)=Nc2ccc(C=CCCCCCCCCCCCCCCCCCCCCCCC)cc2)cc1. The van der Waals surface area contributed by atoms with Crippen molar-refractivity contribution < 1.29 is 0 Å². The van der Waals surface area contributed by atoms with Gasteiger partial charge in [0.1, 0.15) is 0 Å². The number of hydrogen-bond acceptors (Lipinski definition) is 2. The molecule has 446 valence electrons. The third-order valence-electron chi connectivity index (χ3n) is 16.8. The van der Waals surface area contributed by atoms with Crippen molar-refractivity contribution in [1.29, 1.82) is 0 Å². The zero-order valence-electron chi connectivity index (χ0n) is 53.0. The van der Waals surface area contributed by atoms with Crippen molar-refractivity contribution in [3.63, 3.8) is 0 Å². The molecule has 0 unspecified atom stereocenters. The van der Waals surface area contributed by atoms with Gasteiger partial charge in [0.15, 0.2) is 0 Å². The summed E-state index contributed by atoms with van der Waals surface area (Å²) in [6.45, 7) is 9.22. The molecule has 0 radical (unpaired) electrons. The van der Waals surface area contributed by atoms with Gasteiger partial charge in [-0.05, 0) is 86.8 Å². The van der Waals surface area contributed by atoms with Gasteiger partial charge in [0, 0.05) is 0 Å². The Balaban J connectivity index is 1.68. The van der Waals surface area contributed by atoms with E-state index in [0.717, 1.165) is 37.1 Å². The molecule has 0 fully saturated rings. The summed E-state index contributed by atoms with van der Waals surface area (Å²) >= 11 is 0. The van der Waals surface area contributed by atoms with Gasteiger partial charge in [0.05, 0.1) is 22.8 Å². The van der Waals surface area contributed by atoms with Crippen molar-refractivity contribution in [3.8, 4) is 0 Å². The van der Waals surface area contributed by atoms with Crippen LogP contribution in [0.4, 0.5) is 11.4 Å². The van der Waals surface area contributed by atoms with Crippen LogP contribution in [-0.4, -0.2) is 11.4 Å². The average molecular weight is 1070 g/mol. The summed E-state index contributed by atoms with van der Waals surface area (Å²) in [6, 6.07) is 17.9. The summed E-state index contributed by atoms with van der Waals surface area (Å²) in [4.78, 5) is 10.7. The number of hydrogen-bond donors (Lipinski definition) is 0. The number of rotatable bonds is 59. The normalized spacial score (nSPS) is 12.4. The molecule has 2 aromatic rings. The maximum absolute atomic E-state index is 5.36. The van der Waals surface area contributed by atoms with E-state index in [0.29, 0.717) is 0 Å². The van der Waals surface area contributed by atoms with Gasteiger partial charge in [-0.3, -0.25) is 9.98 Å². The van der Waals surface area contributed by atoms with Crippen molar-refractivity contribution >= 4 is 35.0 Å². The quantitative estimate of drug-likeness (QED) is 0.0466. The lowest BCUT2D eigenvalue weighted by Gasteiger charge is -2.12. The van der Waals surface area contributed by atoms with E-state index in [-0.39, 0.29) is 0 Å². The monoisotopic (exact) mass is 1070 g/mol. The van der Waals surface area contributed by atoms with E-state index in [4.69, 9.17) is 9.98 Å². The Kier molecular flexibility index (Phi) is 52.6. The summed E-state index contributed by atoms with van der Waals surface area (Å²) in [7, 11) is 0. The minimum Gasteiger partial charge on any atom is -0.252 e. The molecule has 0 heterocycles. The molecule has 78 heavy (non-hydrogen) atoms. The predicted molar refractivity (Wildman–Crippen MR) is 357 cm³/mol. The summed E-state index contributed by atoms with van der Waals surface area (Å²) in [5.41, 5.74) is 7.02. The topological polar surface area (TPSA) is 24.7 Å². The highest BCUT2D eigenvalue weighted by Crippen LogP contribution is 2.23. The number of allylic oxidation sites excluding steroid dienone is 2. The molecule has 2 heteroatoms. The van der Waals surface area contributed by atoms with Crippen molar-refractivity contribution in [2.75, 3.05) is 0 Å². The fraction of sp³-hybridized carbons (Fsp3) is 0.763. The second-order valence-corrected chi connectivity index (χ2v) is 24.4. The molecule has 0 aliphatic heterocycles. The lowest BCUT2D eigenvalue weighted by molar-refractivity contribution is 0.520. The van der Waals surface area contributed by atoms with Gasteiger partial charge in [-0.25, -0.2) is 0 Å². The molecule has 0 saturated carbocycles. The van der Waals surface area contributed by atoms with Crippen LogP contribution < -0.4 is 0 Å². The molecule has 0 saturated heterocycles. The maximum Gasteiger partial charge on any atom is 0.0634 e. The Bertz CT molecular complexity index is 1640. The van der Waals surface area contributed by atoms with E-state index < -0.39 is 0 Å². The summed E-state index contributed by atoms with van der Waals surface area (Å²) in [6.07, 6.45) is 84.1. The molecule has 0 bridgehead atoms. The van der Waals surface area contributed by atoms with E-state index in [1.54, 1.807) is 0 Å². The number of nitrogens with zero attached hydrogens (tertiary/aromatic N) is 2. The van der Waals surface area contributed by atoms with Crippen LogP contribution in [0.25, 0.3) is 12.2 Å². The summed E-state index contributed by atoms with van der Waals surface area (Å²) < 4.78 is 0. The maximum atomic E-state index is 5.36. The Morgan fingerprint density at radius 1 is 0.244 bits per heavy atom. The first kappa shape index (κ1) is 71.4. The highest BCUT2D eigenvalue weighted by Gasteiger charge is 2.11. The molecule has 0 aliphatic rings. The number of benzene rings is 2. The van der Waals surface area contributed by atoms with Crippen LogP contribution in [0.1, 0.15) is 386 Å². The second kappa shape index (κ2) is 57.5. The number of aliphatic imine (C=N–C) groups is 2. The Hall–Kier alpha value is -2.74. The van der Waals surface area contributed by atoms with Gasteiger partial charge >= 0.3 is 0 Å². The van der Waals surface area contributed by atoms with Crippen LogP contribution >= 0.6 is 0 Å². The predicted octanol–water partition coefficient (Wildman–Crippen LogP) is 27.7. The molecule has 0 N–H and O–H groups in total. The molecule has 0 aromatic heterocycles. The van der Waals surface area contributed by atoms with Gasteiger partial charge in [0.2, 0.25) is 0 Å². The lowest BCUT2D eigenvalue weighted by atomic mass is 10.0. The third-order valence-corrected chi connectivity index (χ3v) is 16.8. The van der Waals surface area contributed by atoms with E-state index in [2.05, 4.69) is 101 Å². The number of unbranched alkanes of at least 4 members (excludes halogenated alkanes) is 48. The van der Waals surface area contributed by atoms with Crippen LogP contribution in [0.2, 0.25) is 0 Å². The van der Waals surface area contributed by atoms with E-state index in [1.807, 2.05) is 0 Å². The summed E-state index contributed by atoms with van der Waals surface area (Å²) in [5.74, 6) is 0. The van der Waals surface area contributed by atoms with E-state index >= 15 is 0 Å². The molecule has 0 amide bonds. The highest BCUT2D eigenvalue weighted by molar-refractivity contribution is 6.43. The van der Waals surface area contributed by atoms with Crippen LogP contribution in [0.15, 0.2) is 70.7 Å². The Labute approximate surface area is 488 Å². The van der Waals surface area contributed by atoms with Crippen LogP contribution in [0.5, 0.6) is 0 Å². The van der Waals surface area contributed by atoms with Gasteiger partial charge < -0.3 is 0 Å². The Morgan fingerprint density at radius 2 is 0.449 bits per heavy atom. The van der Waals surface area contributed by atoms with E-state index in [9.17, 15) is 0 Å². The molecule has 0 spiro atoms. The Morgan fingerprint density at radius 3 is 0.692 bits per heavy atom. The summed E-state index contributed by atoms with van der Waals surface area (Å²) in [5, 5.41) is 0. The zero-order valence-corrected chi connectivity index (χ0v) is 53.0. The fourth-order valence-electron chi connectivity index (χ4n) is 11.4.